The maximum absolute atomic E-state index is 2.60. The first-order chi connectivity index (χ1) is 37.6. The van der Waals surface area contributed by atoms with E-state index in [9.17, 15) is 0 Å². The van der Waals surface area contributed by atoms with Gasteiger partial charge in [-0.05, 0) is 169 Å². The van der Waals surface area contributed by atoms with Gasteiger partial charge in [-0.3, -0.25) is 0 Å². The molecule has 0 unspecified atom stereocenters. The molecule has 11 aromatic rings. The van der Waals surface area contributed by atoms with Crippen molar-refractivity contribution in [3.8, 4) is 27.9 Å². The van der Waals surface area contributed by atoms with Crippen molar-refractivity contribution in [2.45, 2.75) is 97.3 Å². The molecule has 0 atom stereocenters. The molecule has 0 fully saturated rings. The van der Waals surface area contributed by atoms with E-state index in [-0.39, 0.29) is 10.8 Å². The maximum Gasteiger partial charge on any atom is 0.0791 e. The summed E-state index contributed by atoms with van der Waals surface area (Å²) in [4.78, 5) is 5.08. The van der Waals surface area contributed by atoms with Crippen molar-refractivity contribution in [2.24, 2.45) is 0 Å². The van der Waals surface area contributed by atoms with E-state index in [0.29, 0.717) is 11.8 Å². The van der Waals surface area contributed by atoms with Gasteiger partial charge in [0.25, 0.3) is 0 Å². The molecule has 0 amide bonds. The average molecular weight is 1010 g/mol. The Labute approximate surface area is 462 Å². The van der Waals surface area contributed by atoms with Gasteiger partial charge in [-0.25, -0.2) is 0 Å². The molecule has 1 spiro atoms. The fraction of sp³-hybridized carbons (Fsp3) is 0.200. The number of fused-ring (bicyclic) bond motifs is 13. The zero-order chi connectivity index (χ0) is 53.8. The fourth-order valence-corrected chi connectivity index (χ4v) is 13.0. The molecule has 1 heterocycles. The maximum atomic E-state index is 2.60. The molecule has 0 saturated carbocycles. The van der Waals surface area contributed by atoms with E-state index in [2.05, 4.69) is 308 Å². The standard InChI is InChI=1S/C75H69N3/c1-48(2)50-28-36-55(37-29-50)76(56-40-32-52(33-41-56)73(5,6)7)59-44-45-63-67(46-59)75(65-25-17-14-22-60(65)61-23-15-18-26-66(61)75)68-47-64-62-24-16-19-27-69(62)78(54-20-12-11-13-21-54)71(64)72(70(63)68)77(57-38-30-51(31-39-57)49(3)4)58-42-34-53(35-43-58)74(8,9)10/h11-49H,1-10H3. The van der Waals surface area contributed by atoms with E-state index in [0.717, 1.165) is 39.8 Å². The Morgan fingerprint density at radius 1 is 0.372 bits per heavy atom. The smallest absolute Gasteiger partial charge is 0.0791 e. The molecule has 0 bridgehead atoms. The van der Waals surface area contributed by atoms with Crippen molar-refractivity contribution in [1.82, 2.24) is 4.57 Å². The van der Waals surface area contributed by atoms with Crippen molar-refractivity contribution in [1.29, 1.82) is 0 Å². The van der Waals surface area contributed by atoms with Crippen LogP contribution in [0.5, 0.6) is 0 Å². The van der Waals surface area contributed by atoms with Gasteiger partial charge in [0.1, 0.15) is 0 Å². The second kappa shape index (κ2) is 18.4. The van der Waals surface area contributed by atoms with Crippen LogP contribution in [0.25, 0.3) is 49.7 Å². The predicted octanol–water partition coefficient (Wildman–Crippen LogP) is 20.9. The first-order valence-electron chi connectivity index (χ1n) is 28.1. The molecule has 2 aliphatic carbocycles. The summed E-state index contributed by atoms with van der Waals surface area (Å²) in [6.45, 7) is 22.9. The van der Waals surface area contributed by atoms with Gasteiger partial charge < -0.3 is 14.4 Å². The number of benzene rings is 10. The Hall–Kier alpha value is -8.40. The van der Waals surface area contributed by atoms with E-state index in [1.54, 1.807) is 0 Å². The van der Waals surface area contributed by atoms with Gasteiger partial charge in [-0.15, -0.1) is 0 Å². The first kappa shape index (κ1) is 49.2. The van der Waals surface area contributed by atoms with Crippen molar-refractivity contribution in [3.05, 3.63) is 269 Å². The SMILES string of the molecule is CC(C)c1ccc(N(c2ccc(C(C)(C)C)cc2)c2ccc3c(c2)C2(c4ccccc4-c4ccccc42)c2cc4c5ccccc5n(-c5ccccc5)c4c(N(c4ccc(C(C)C)cc4)c4ccc(C(C)(C)C)cc4)c2-3)cc1. The van der Waals surface area contributed by atoms with Crippen molar-refractivity contribution in [3.63, 3.8) is 0 Å². The molecule has 3 heteroatoms. The van der Waals surface area contributed by atoms with Crippen LogP contribution in [0.4, 0.5) is 34.1 Å². The Morgan fingerprint density at radius 3 is 1.33 bits per heavy atom. The number of nitrogens with zero attached hydrogens (tertiary/aromatic N) is 3. The molecule has 10 aromatic carbocycles. The van der Waals surface area contributed by atoms with Crippen LogP contribution in [0.2, 0.25) is 0 Å². The lowest BCUT2D eigenvalue weighted by molar-refractivity contribution is 0.590. The second-order valence-corrected chi connectivity index (χ2v) is 24.6. The van der Waals surface area contributed by atoms with Crippen molar-refractivity contribution in [2.75, 3.05) is 9.80 Å². The highest BCUT2D eigenvalue weighted by Gasteiger charge is 2.53. The van der Waals surface area contributed by atoms with Gasteiger partial charge in [0.05, 0.1) is 22.1 Å². The summed E-state index contributed by atoms with van der Waals surface area (Å²) in [5, 5.41) is 2.44. The Kier molecular flexibility index (Phi) is 11.6. The van der Waals surface area contributed by atoms with Crippen LogP contribution in [0.1, 0.15) is 126 Å². The number of anilines is 6. The highest BCUT2D eigenvalue weighted by atomic mass is 15.2. The molecule has 0 saturated heterocycles. The third-order valence-electron chi connectivity index (χ3n) is 17.1. The van der Waals surface area contributed by atoms with Gasteiger partial charge >= 0.3 is 0 Å². The summed E-state index contributed by atoms with van der Waals surface area (Å²) in [5.41, 5.74) is 25.0. The predicted molar refractivity (Wildman–Crippen MR) is 332 cm³/mol. The molecule has 0 N–H and O–H groups in total. The third kappa shape index (κ3) is 7.68. The van der Waals surface area contributed by atoms with Crippen LogP contribution in [0.3, 0.4) is 0 Å². The molecule has 3 nitrogen and oxygen atoms in total. The quantitative estimate of drug-likeness (QED) is 0.143. The molecule has 0 aliphatic heterocycles. The second-order valence-electron chi connectivity index (χ2n) is 24.6. The van der Waals surface area contributed by atoms with Crippen LogP contribution < -0.4 is 9.80 Å². The van der Waals surface area contributed by atoms with Gasteiger partial charge in [-0.2, -0.15) is 0 Å². The molecule has 0 radical (unpaired) electrons. The summed E-state index contributed by atoms with van der Waals surface area (Å²) in [5.74, 6) is 0.809. The van der Waals surface area contributed by atoms with Crippen LogP contribution in [-0.2, 0) is 16.2 Å². The molecule has 78 heavy (non-hydrogen) atoms. The minimum atomic E-state index is -0.681. The highest BCUT2D eigenvalue weighted by molar-refractivity contribution is 6.20. The summed E-state index contributed by atoms with van der Waals surface area (Å²) >= 11 is 0. The summed E-state index contributed by atoms with van der Waals surface area (Å²) < 4.78 is 2.54. The minimum absolute atomic E-state index is 0.0187. The Bertz CT molecular complexity index is 4020. The fourth-order valence-electron chi connectivity index (χ4n) is 13.0. The molecular formula is C75H69N3. The van der Waals surface area contributed by atoms with Gasteiger partial charge in [-0.1, -0.05) is 209 Å². The topological polar surface area (TPSA) is 11.4 Å². The Morgan fingerprint density at radius 2 is 0.821 bits per heavy atom. The van der Waals surface area contributed by atoms with Gasteiger partial charge in [0, 0.05) is 50.5 Å². The lowest BCUT2D eigenvalue weighted by atomic mass is 9.70. The van der Waals surface area contributed by atoms with Gasteiger partial charge in [0.2, 0.25) is 0 Å². The van der Waals surface area contributed by atoms with E-state index in [1.165, 1.54) is 88.6 Å². The van der Waals surface area contributed by atoms with Crippen molar-refractivity contribution >= 4 is 55.9 Å². The molecule has 13 rings (SSSR count). The van der Waals surface area contributed by atoms with Crippen LogP contribution in [-0.4, -0.2) is 4.57 Å². The van der Waals surface area contributed by atoms with E-state index in [4.69, 9.17) is 0 Å². The largest absolute Gasteiger partial charge is 0.310 e. The lowest BCUT2D eigenvalue weighted by Gasteiger charge is -2.33. The number of hydrogen-bond donors (Lipinski definition) is 0. The van der Waals surface area contributed by atoms with Crippen LogP contribution >= 0.6 is 0 Å². The van der Waals surface area contributed by atoms with Gasteiger partial charge in [0.15, 0.2) is 0 Å². The van der Waals surface area contributed by atoms with Crippen LogP contribution in [0, 0.1) is 0 Å². The first-order valence-corrected chi connectivity index (χ1v) is 28.1. The summed E-state index contributed by atoms with van der Waals surface area (Å²) in [6, 6.07) is 85.9. The zero-order valence-corrected chi connectivity index (χ0v) is 46.9. The normalized spacial score (nSPS) is 13.3. The van der Waals surface area contributed by atoms with E-state index >= 15 is 0 Å². The number of hydrogen-bond acceptors (Lipinski definition) is 2. The number of rotatable bonds is 9. The number of para-hydroxylation sites is 2. The Balaban J connectivity index is 1.20. The van der Waals surface area contributed by atoms with Crippen molar-refractivity contribution < 1.29 is 0 Å². The lowest BCUT2D eigenvalue weighted by Crippen LogP contribution is -2.26. The van der Waals surface area contributed by atoms with E-state index < -0.39 is 5.41 Å². The average Bonchev–Trinajstić information content (AvgIpc) is 4.24. The third-order valence-corrected chi connectivity index (χ3v) is 17.1. The number of aromatic nitrogens is 1. The minimum Gasteiger partial charge on any atom is -0.310 e. The highest BCUT2D eigenvalue weighted by Crippen LogP contribution is 2.67. The summed E-state index contributed by atoms with van der Waals surface area (Å²) in [7, 11) is 0. The molecular weight excluding hydrogens is 943 g/mol. The summed E-state index contributed by atoms with van der Waals surface area (Å²) in [6.07, 6.45) is 0. The molecule has 384 valence electrons. The monoisotopic (exact) mass is 1010 g/mol. The van der Waals surface area contributed by atoms with Crippen LogP contribution in [0.15, 0.2) is 224 Å². The zero-order valence-electron chi connectivity index (χ0n) is 46.9. The molecule has 2 aliphatic rings. The van der Waals surface area contributed by atoms with E-state index in [1.807, 2.05) is 0 Å². The molecule has 1 aromatic heterocycles.